The molecule has 0 radical (unpaired) electrons. The van der Waals surface area contributed by atoms with Gasteiger partial charge in [-0.15, -0.1) is 5.10 Å². The predicted molar refractivity (Wildman–Crippen MR) is 91.7 cm³/mol. The van der Waals surface area contributed by atoms with Gasteiger partial charge in [0.15, 0.2) is 5.82 Å². The van der Waals surface area contributed by atoms with Gasteiger partial charge in [0.2, 0.25) is 0 Å². The quantitative estimate of drug-likeness (QED) is 0.781. The molecular formula is C18H20N4O. The van der Waals surface area contributed by atoms with Gasteiger partial charge in [0, 0.05) is 12.1 Å². The number of hydrogen-bond donors (Lipinski definition) is 2. The monoisotopic (exact) mass is 308 g/mol. The average molecular weight is 308 g/mol. The van der Waals surface area contributed by atoms with Crippen molar-refractivity contribution in [2.45, 2.75) is 27.3 Å². The van der Waals surface area contributed by atoms with Crippen LogP contribution in [0.2, 0.25) is 0 Å². The van der Waals surface area contributed by atoms with E-state index < -0.39 is 0 Å². The van der Waals surface area contributed by atoms with Crippen LogP contribution in [0.15, 0.2) is 41.2 Å². The molecular weight excluding hydrogens is 288 g/mol. The highest BCUT2D eigenvalue weighted by molar-refractivity contribution is 5.66. The standard InChI is InChI=1S/C18H20N4O/c1-11-4-8-15(9-5-11)22-18(23)20-17(21-22)16-12(2)6-7-14(10-19)13(16)3/h4-9H,10,19H2,1-3H3,(H,20,21,23). The molecule has 0 saturated carbocycles. The van der Waals surface area contributed by atoms with Crippen LogP contribution < -0.4 is 11.4 Å². The molecule has 0 aliphatic heterocycles. The number of H-pyrrole nitrogens is 1. The molecule has 3 N–H and O–H groups in total. The van der Waals surface area contributed by atoms with Crippen LogP contribution in [-0.2, 0) is 6.54 Å². The van der Waals surface area contributed by atoms with Gasteiger partial charge in [0.1, 0.15) is 0 Å². The van der Waals surface area contributed by atoms with Crippen molar-refractivity contribution in [2.75, 3.05) is 0 Å². The molecule has 1 aromatic heterocycles. The Balaban J connectivity index is 2.15. The van der Waals surface area contributed by atoms with Gasteiger partial charge < -0.3 is 5.73 Å². The number of nitrogens with zero attached hydrogens (tertiary/aromatic N) is 2. The fraction of sp³-hybridized carbons (Fsp3) is 0.222. The molecule has 23 heavy (non-hydrogen) atoms. The largest absolute Gasteiger partial charge is 0.348 e. The first-order valence-electron chi connectivity index (χ1n) is 7.57. The molecule has 0 aliphatic carbocycles. The maximum absolute atomic E-state index is 12.3. The van der Waals surface area contributed by atoms with E-state index in [1.165, 1.54) is 4.68 Å². The third-order valence-electron chi connectivity index (χ3n) is 4.14. The summed E-state index contributed by atoms with van der Waals surface area (Å²) in [6.45, 7) is 6.48. The van der Waals surface area contributed by atoms with Crippen molar-refractivity contribution < 1.29 is 0 Å². The maximum atomic E-state index is 12.3. The molecule has 3 aromatic rings. The first-order valence-corrected chi connectivity index (χ1v) is 7.57. The molecule has 0 aliphatic rings. The van der Waals surface area contributed by atoms with Crippen LogP contribution in [0, 0.1) is 20.8 Å². The fourth-order valence-corrected chi connectivity index (χ4v) is 2.77. The Hall–Kier alpha value is -2.66. The van der Waals surface area contributed by atoms with Gasteiger partial charge in [-0.05, 0) is 49.6 Å². The topological polar surface area (TPSA) is 76.7 Å². The van der Waals surface area contributed by atoms with Crippen LogP contribution in [-0.4, -0.2) is 14.8 Å². The van der Waals surface area contributed by atoms with Crippen LogP contribution >= 0.6 is 0 Å². The summed E-state index contributed by atoms with van der Waals surface area (Å²) in [6, 6.07) is 11.7. The first kappa shape index (κ1) is 15.2. The molecule has 1 heterocycles. The van der Waals surface area contributed by atoms with E-state index in [4.69, 9.17) is 5.73 Å². The lowest BCUT2D eigenvalue weighted by atomic mass is 9.97. The second-order valence-electron chi connectivity index (χ2n) is 5.77. The first-order chi connectivity index (χ1) is 11.0. The molecule has 5 nitrogen and oxygen atoms in total. The van der Waals surface area contributed by atoms with E-state index in [-0.39, 0.29) is 5.69 Å². The number of hydrogen-bond acceptors (Lipinski definition) is 3. The number of benzene rings is 2. The van der Waals surface area contributed by atoms with Crippen molar-refractivity contribution in [3.63, 3.8) is 0 Å². The molecule has 0 fully saturated rings. The van der Waals surface area contributed by atoms with Crippen LogP contribution in [0.5, 0.6) is 0 Å². The summed E-state index contributed by atoms with van der Waals surface area (Å²) in [5.41, 5.74) is 11.5. The van der Waals surface area contributed by atoms with E-state index in [2.05, 4.69) is 10.1 Å². The van der Waals surface area contributed by atoms with Crippen molar-refractivity contribution in [1.29, 1.82) is 0 Å². The van der Waals surface area contributed by atoms with E-state index in [0.29, 0.717) is 12.4 Å². The lowest BCUT2D eigenvalue weighted by Gasteiger charge is -2.11. The lowest BCUT2D eigenvalue weighted by Crippen LogP contribution is -2.15. The minimum absolute atomic E-state index is 0.249. The third kappa shape index (κ3) is 2.71. The minimum Gasteiger partial charge on any atom is -0.326 e. The highest BCUT2D eigenvalue weighted by Crippen LogP contribution is 2.26. The lowest BCUT2D eigenvalue weighted by molar-refractivity contribution is 0.844. The molecule has 0 spiro atoms. The fourth-order valence-electron chi connectivity index (χ4n) is 2.77. The molecule has 2 aromatic carbocycles. The number of aromatic amines is 1. The summed E-state index contributed by atoms with van der Waals surface area (Å²) in [5.74, 6) is 0.570. The zero-order valence-corrected chi connectivity index (χ0v) is 13.6. The Kier molecular flexibility index (Phi) is 3.88. The average Bonchev–Trinajstić information content (AvgIpc) is 2.90. The summed E-state index contributed by atoms with van der Waals surface area (Å²) >= 11 is 0. The summed E-state index contributed by atoms with van der Waals surface area (Å²) in [5, 5.41) is 4.48. The Morgan fingerprint density at radius 3 is 2.43 bits per heavy atom. The molecule has 5 heteroatoms. The van der Waals surface area contributed by atoms with E-state index in [1.54, 1.807) is 0 Å². The number of nitrogens with two attached hydrogens (primary N) is 1. The van der Waals surface area contributed by atoms with E-state index in [9.17, 15) is 4.79 Å². The molecule has 0 saturated heterocycles. The van der Waals surface area contributed by atoms with Crippen molar-refractivity contribution in [1.82, 2.24) is 14.8 Å². The summed E-state index contributed by atoms with van der Waals surface area (Å²) in [4.78, 5) is 15.2. The number of nitrogens with one attached hydrogen (secondary N) is 1. The van der Waals surface area contributed by atoms with Gasteiger partial charge in [0.25, 0.3) is 0 Å². The number of aromatic nitrogens is 3. The Morgan fingerprint density at radius 1 is 1.09 bits per heavy atom. The minimum atomic E-state index is -0.249. The molecule has 0 atom stereocenters. The van der Waals surface area contributed by atoms with E-state index >= 15 is 0 Å². The van der Waals surface area contributed by atoms with Gasteiger partial charge in [0.05, 0.1) is 5.69 Å². The van der Waals surface area contributed by atoms with Crippen molar-refractivity contribution >= 4 is 0 Å². The van der Waals surface area contributed by atoms with Crippen LogP contribution in [0.25, 0.3) is 17.1 Å². The second-order valence-corrected chi connectivity index (χ2v) is 5.77. The van der Waals surface area contributed by atoms with Crippen LogP contribution in [0.1, 0.15) is 22.3 Å². The van der Waals surface area contributed by atoms with E-state index in [0.717, 1.165) is 33.5 Å². The Morgan fingerprint density at radius 2 is 1.78 bits per heavy atom. The Labute approximate surface area is 134 Å². The maximum Gasteiger partial charge on any atom is 0.348 e. The molecule has 118 valence electrons. The third-order valence-corrected chi connectivity index (χ3v) is 4.14. The van der Waals surface area contributed by atoms with Crippen molar-refractivity contribution in [3.05, 3.63) is 69.1 Å². The molecule has 0 bridgehead atoms. The summed E-state index contributed by atoms with van der Waals surface area (Å²) in [7, 11) is 0. The van der Waals surface area contributed by atoms with Crippen LogP contribution in [0.3, 0.4) is 0 Å². The van der Waals surface area contributed by atoms with Gasteiger partial charge in [-0.2, -0.15) is 4.68 Å². The highest BCUT2D eigenvalue weighted by Gasteiger charge is 2.15. The molecule has 0 amide bonds. The summed E-state index contributed by atoms with van der Waals surface area (Å²) in [6.07, 6.45) is 0. The normalized spacial score (nSPS) is 11.0. The number of aryl methyl sites for hydroxylation is 2. The van der Waals surface area contributed by atoms with Gasteiger partial charge in [-0.1, -0.05) is 29.8 Å². The Bertz CT molecular complexity index is 904. The second kappa shape index (κ2) is 5.85. The smallest absolute Gasteiger partial charge is 0.326 e. The number of rotatable bonds is 3. The predicted octanol–water partition coefficient (Wildman–Crippen LogP) is 2.61. The molecule has 3 rings (SSSR count). The van der Waals surface area contributed by atoms with Crippen LogP contribution in [0.4, 0.5) is 0 Å². The molecule has 0 unspecified atom stereocenters. The highest BCUT2D eigenvalue weighted by atomic mass is 16.1. The SMILES string of the molecule is Cc1ccc(-n2nc(-c3c(C)ccc(CN)c3C)[nH]c2=O)cc1. The van der Waals surface area contributed by atoms with Gasteiger partial charge >= 0.3 is 5.69 Å². The van der Waals surface area contributed by atoms with E-state index in [1.807, 2.05) is 57.2 Å². The van der Waals surface area contributed by atoms with Gasteiger partial charge in [-0.25, -0.2) is 4.79 Å². The van der Waals surface area contributed by atoms with Crippen molar-refractivity contribution in [3.8, 4) is 17.1 Å². The zero-order chi connectivity index (χ0) is 16.6. The zero-order valence-electron chi connectivity index (χ0n) is 13.6. The van der Waals surface area contributed by atoms with Gasteiger partial charge in [-0.3, -0.25) is 4.98 Å². The summed E-state index contributed by atoms with van der Waals surface area (Å²) < 4.78 is 1.39. The van der Waals surface area contributed by atoms with Crippen molar-refractivity contribution in [2.24, 2.45) is 5.73 Å².